The minimum Gasteiger partial charge on any atom is -0.398 e. The van der Waals surface area contributed by atoms with Crippen molar-refractivity contribution < 1.29 is 13.2 Å². The van der Waals surface area contributed by atoms with E-state index in [-0.39, 0.29) is 10.5 Å². The third kappa shape index (κ3) is 4.35. The highest BCUT2D eigenvalue weighted by atomic mass is 32.2. The summed E-state index contributed by atoms with van der Waals surface area (Å²) in [6.07, 6.45) is 2.75. The van der Waals surface area contributed by atoms with Crippen molar-refractivity contribution in [3.8, 4) is 0 Å². The maximum absolute atomic E-state index is 12.8. The number of carbonyl (C=O) groups excluding carboxylic acids is 1. The van der Waals surface area contributed by atoms with Crippen molar-refractivity contribution in [2.45, 2.75) is 24.2 Å². The molecule has 1 aliphatic heterocycles. The molecule has 0 atom stereocenters. The fraction of sp³-hybridized carbons (Fsp3) is 0.250. The normalized spacial score (nSPS) is 15.0. The Morgan fingerprint density at radius 3 is 2.43 bits per heavy atom. The zero-order chi connectivity index (χ0) is 20.1. The van der Waals surface area contributed by atoms with E-state index in [4.69, 9.17) is 5.73 Å². The summed E-state index contributed by atoms with van der Waals surface area (Å²) in [4.78, 5) is 12.6. The number of benzene rings is 2. The van der Waals surface area contributed by atoms with E-state index in [9.17, 15) is 13.2 Å². The van der Waals surface area contributed by atoms with Crippen LogP contribution in [0.4, 0.5) is 5.69 Å². The van der Waals surface area contributed by atoms with Crippen LogP contribution in [0.3, 0.4) is 0 Å². The van der Waals surface area contributed by atoms with E-state index in [0.717, 1.165) is 19.3 Å². The third-order valence-electron chi connectivity index (χ3n) is 4.66. The Bertz CT molecular complexity index is 982. The number of hydrogen-bond donors (Lipinski definition) is 3. The molecule has 0 spiro atoms. The number of anilines is 1. The van der Waals surface area contributed by atoms with Crippen LogP contribution in [0.2, 0.25) is 0 Å². The van der Waals surface area contributed by atoms with E-state index < -0.39 is 15.9 Å². The van der Waals surface area contributed by atoms with Crippen molar-refractivity contribution in [3.05, 3.63) is 66.2 Å². The first-order chi connectivity index (χ1) is 13.4. The Labute approximate surface area is 165 Å². The monoisotopic (exact) mass is 400 g/mol. The molecule has 1 heterocycles. The number of hydrogen-bond acceptors (Lipinski definition) is 5. The molecule has 0 aliphatic carbocycles. The highest BCUT2D eigenvalue weighted by Crippen LogP contribution is 2.21. The number of carbonyl (C=O) groups is 1. The zero-order valence-corrected chi connectivity index (χ0v) is 16.3. The summed E-state index contributed by atoms with van der Waals surface area (Å²) in [5.41, 5.74) is 13.0. The van der Waals surface area contributed by atoms with Crippen LogP contribution in [0.25, 0.3) is 5.70 Å². The van der Waals surface area contributed by atoms with Gasteiger partial charge in [0.05, 0.1) is 10.6 Å². The van der Waals surface area contributed by atoms with Crippen LogP contribution in [-0.2, 0) is 10.0 Å². The lowest BCUT2D eigenvalue weighted by Gasteiger charge is -2.26. The van der Waals surface area contributed by atoms with Crippen LogP contribution in [0, 0.1) is 0 Å². The number of sulfonamides is 1. The van der Waals surface area contributed by atoms with Gasteiger partial charge in [0.2, 0.25) is 10.0 Å². The molecule has 2 aromatic rings. The SMILES string of the molecule is C=C(NNC(=O)c1cccc(S(=O)(=O)N2CCCCC2)c1)c1ccccc1N. The molecule has 3 rings (SSSR count). The third-order valence-corrected chi connectivity index (χ3v) is 6.56. The predicted molar refractivity (Wildman–Crippen MR) is 110 cm³/mol. The van der Waals surface area contributed by atoms with Gasteiger partial charge < -0.3 is 5.73 Å². The molecule has 0 radical (unpaired) electrons. The topological polar surface area (TPSA) is 105 Å². The maximum Gasteiger partial charge on any atom is 0.269 e. The Kier molecular flexibility index (Phi) is 6.01. The molecule has 7 nitrogen and oxygen atoms in total. The minimum atomic E-state index is -3.60. The fourth-order valence-electron chi connectivity index (χ4n) is 3.10. The average Bonchev–Trinajstić information content (AvgIpc) is 2.73. The molecular weight excluding hydrogens is 376 g/mol. The van der Waals surface area contributed by atoms with Gasteiger partial charge in [0.25, 0.3) is 5.91 Å². The smallest absolute Gasteiger partial charge is 0.269 e. The minimum absolute atomic E-state index is 0.119. The summed E-state index contributed by atoms with van der Waals surface area (Å²) in [5.74, 6) is -0.466. The second-order valence-corrected chi connectivity index (χ2v) is 8.58. The quantitative estimate of drug-likeness (QED) is 0.510. The number of hydrazine groups is 1. The first-order valence-electron chi connectivity index (χ1n) is 9.10. The number of nitrogen functional groups attached to an aromatic ring is 1. The van der Waals surface area contributed by atoms with Gasteiger partial charge in [-0.2, -0.15) is 4.31 Å². The highest BCUT2D eigenvalue weighted by Gasteiger charge is 2.26. The Morgan fingerprint density at radius 1 is 1.00 bits per heavy atom. The number of piperidine rings is 1. The molecule has 1 fully saturated rings. The van der Waals surface area contributed by atoms with Crippen molar-refractivity contribution in [1.29, 1.82) is 0 Å². The van der Waals surface area contributed by atoms with Gasteiger partial charge >= 0.3 is 0 Å². The summed E-state index contributed by atoms with van der Waals surface area (Å²) in [7, 11) is -3.60. The predicted octanol–water partition coefficient (Wildman–Crippen LogP) is 2.35. The fourth-order valence-corrected chi connectivity index (χ4v) is 4.66. The summed E-state index contributed by atoms with van der Waals surface area (Å²) in [6.45, 7) is 4.89. The van der Waals surface area contributed by atoms with Gasteiger partial charge in [-0.3, -0.25) is 15.6 Å². The van der Waals surface area contributed by atoms with E-state index in [1.807, 2.05) is 6.07 Å². The summed E-state index contributed by atoms with van der Waals surface area (Å²) < 4.78 is 27.1. The largest absolute Gasteiger partial charge is 0.398 e. The number of nitrogens with two attached hydrogens (primary N) is 1. The van der Waals surface area contributed by atoms with Crippen LogP contribution in [0.15, 0.2) is 60.0 Å². The molecule has 28 heavy (non-hydrogen) atoms. The zero-order valence-electron chi connectivity index (χ0n) is 15.5. The van der Waals surface area contributed by atoms with Gasteiger partial charge in [0.1, 0.15) is 0 Å². The Hall–Kier alpha value is -2.84. The van der Waals surface area contributed by atoms with Gasteiger partial charge in [-0.05, 0) is 37.1 Å². The van der Waals surface area contributed by atoms with Crippen molar-refractivity contribution in [3.63, 3.8) is 0 Å². The molecule has 0 aromatic heterocycles. The van der Waals surface area contributed by atoms with Crippen LogP contribution < -0.4 is 16.6 Å². The van der Waals surface area contributed by atoms with Gasteiger partial charge in [-0.15, -0.1) is 0 Å². The van der Waals surface area contributed by atoms with E-state index >= 15 is 0 Å². The molecule has 0 bridgehead atoms. The molecule has 4 N–H and O–H groups in total. The number of nitrogens with one attached hydrogen (secondary N) is 2. The molecule has 0 saturated carbocycles. The van der Waals surface area contributed by atoms with E-state index in [1.165, 1.54) is 16.4 Å². The Balaban J connectivity index is 1.70. The molecule has 8 heteroatoms. The van der Waals surface area contributed by atoms with Gasteiger partial charge in [0, 0.05) is 29.9 Å². The molecule has 2 aromatic carbocycles. The van der Waals surface area contributed by atoms with Gasteiger partial charge in [0.15, 0.2) is 0 Å². The number of para-hydroxylation sites is 1. The maximum atomic E-state index is 12.8. The summed E-state index contributed by atoms with van der Waals surface area (Å²) in [5, 5.41) is 0. The first-order valence-corrected chi connectivity index (χ1v) is 10.5. The van der Waals surface area contributed by atoms with E-state index in [1.54, 1.807) is 30.3 Å². The second kappa shape index (κ2) is 8.45. The van der Waals surface area contributed by atoms with Crippen molar-refractivity contribution in [1.82, 2.24) is 15.2 Å². The molecule has 1 amide bonds. The summed E-state index contributed by atoms with van der Waals surface area (Å²) in [6, 6.07) is 13.2. The van der Waals surface area contributed by atoms with Gasteiger partial charge in [-0.25, -0.2) is 8.42 Å². The first kappa shape index (κ1) is 19.9. The van der Waals surface area contributed by atoms with Crippen molar-refractivity contribution >= 4 is 27.3 Å². The molecule has 1 aliphatic rings. The second-order valence-electron chi connectivity index (χ2n) is 6.64. The van der Waals surface area contributed by atoms with Crippen molar-refractivity contribution in [2.24, 2.45) is 0 Å². The van der Waals surface area contributed by atoms with Gasteiger partial charge in [-0.1, -0.05) is 37.3 Å². The van der Waals surface area contributed by atoms with E-state index in [0.29, 0.717) is 30.0 Å². The lowest BCUT2D eigenvalue weighted by molar-refractivity contribution is 0.0942. The summed E-state index contributed by atoms with van der Waals surface area (Å²) >= 11 is 0. The molecule has 1 saturated heterocycles. The number of nitrogens with zero attached hydrogens (tertiary/aromatic N) is 1. The lowest BCUT2D eigenvalue weighted by Crippen LogP contribution is -2.37. The molecular formula is C20H24N4O3S. The van der Waals surface area contributed by atoms with Crippen LogP contribution in [-0.4, -0.2) is 31.7 Å². The average molecular weight is 401 g/mol. The lowest BCUT2D eigenvalue weighted by atomic mass is 10.1. The number of amides is 1. The highest BCUT2D eigenvalue weighted by molar-refractivity contribution is 7.89. The Morgan fingerprint density at radius 2 is 1.71 bits per heavy atom. The van der Waals surface area contributed by atoms with Crippen LogP contribution in [0.1, 0.15) is 35.2 Å². The van der Waals surface area contributed by atoms with E-state index in [2.05, 4.69) is 17.4 Å². The molecule has 148 valence electrons. The van der Waals surface area contributed by atoms with Crippen LogP contribution >= 0.6 is 0 Å². The molecule has 0 unspecified atom stereocenters. The number of rotatable bonds is 6. The van der Waals surface area contributed by atoms with Crippen LogP contribution in [0.5, 0.6) is 0 Å². The standard InChI is InChI=1S/C20H24N4O3S/c1-15(18-10-3-4-11-19(18)21)22-23-20(25)16-8-7-9-17(14-16)28(26,27)24-12-5-2-6-13-24/h3-4,7-11,14,22H,1-2,5-6,12-13,21H2,(H,23,25). The van der Waals surface area contributed by atoms with Crippen molar-refractivity contribution in [2.75, 3.05) is 18.8 Å².